The van der Waals surface area contributed by atoms with Gasteiger partial charge in [0.25, 0.3) is 10.0 Å². The molecular weight excluding hydrogens is 394 g/mol. The lowest BCUT2D eigenvalue weighted by Crippen LogP contribution is -2.35. The number of carbonyl (C=O) groups excluding carboxylic acids is 2. The van der Waals surface area contributed by atoms with Crippen molar-refractivity contribution in [1.29, 1.82) is 0 Å². The molecule has 2 aromatic rings. The quantitative estimate of drug-likeness (QED) is 0.547. The summed E-state index contributed by atoms with van der Waals surface area (Å²) >= 11 is 1.32. The highest BCUT2D eigenvalue weighted by Crippen LogP contribution is 2.23. The number of rotatable bonds is 6. The molecular formula is C16H17N3O6S2. The molecule has 2 N–H and O–H groups in total. The van der Waals surface area contributed by atoms with E-state index in [4.69, 9.17) is 4.74 Å². The number of esters is 1. The van der Waals surface area contributed by atoms with Gasteiger partial charge in [0, 0.05) is 12.1 Å². The van der Waals surface area contributed by atoms with Crippen LogP contribution in [0.25, 0.3) is 0 Å². The minimum atomic E-state index is -4.32. The van der Waals surface area contributed by atoms with Gasteiger partial charge in [0.05, 0.1) is 19.8 Å². The van der Waals surface area contributed by atoms with Gasteiger partial charge in [0.2, 0.25) is 0 Å². The summed E-state index contributed by atoms with van der Waals surface area (Å²) in [6, 6.07) is 7.45. The Morgan fingerprint density at radius 1 is 1.15 bits per heavy atom. The lowest BCUT2D eigenvalue weighted by atomic mass is 10.2. The second kappa shape index (κ2) is 8.73. The maximum absolute atomic E-state index is 12.5. The fourth-order valence-electron chi connectivity index (χ4n) is 2.07. The summed E-state index contributed by atoms with van der Waals surface area (Å²) in [5.41, 5.74) is -0.190. The maximum atomic E-state index is 12.5. The van der Waals surface area contributed by atoms with E-state index < -0.39 is 22.0 Å². The summed E-state index contributed by atoms with van der Waals surface area (Å²) in [4.78, 5) is 27.7. The molecule has 0 aliphatic rings. The highest BCUT2D eigenvalue weighted by Gasteiger charge is 2.24. The van der Waals surface area contributed by atoms with E-state index in [-0.39, 0.29) is 16.3 Å². The van der Waals surface area contributed by atoms with E-state index >= 15 is 0 Å². The highest BCUT2D eigenvalue weighted by atomic mass is 32.2. The smallest absolute Gasteiger partial charge is 0.339 e. The van der Waals surface area contributed by atoms with Crippen molar-refractivity contribution in [3.05, 3.63) is 42.0 Å². The topological polar surface area (TPSA) is 124 Å². The molecule has 1 heterocycles. The third-order valence-electron chi connectivity index (χ3n) is 3.27. The van der Waals surface area contributed by atoms with E-state index in [0.717, 1.165) is 7.11 Å². The molecule has 27 heavy (non-hydrogen) atoms. The van der Waals surface area contributed by atoms with E-state index in [0.29, 0.717) is 10.8 Å². The van der Waals surface area contributed by atoms with Gasteiger partial charge in [0.15, 0.2) is 0 Å². The summed E-state index contributed by atoms with van der Waals surface area (Å²) in [6.07, 6.45) is 1.79. The van der Waals surface area contributed by atoms with Crippen LogP contribution in [0.5, 0.6) is 5.75 Å². The molecule has 2 amide bonds. The largest absolute Gasteiger partial charge is 0.497 e. The van der Waals surface area contributed by atoms with Gasteiger partial charge < -0.3 is 9.47 Å². The van der Waals surface area contributed by atoms with E-state index in [2.05, 4.69) is 15.0 Å². The third-order valence-corrected chi connectivity index (χ3v) is 5.29. The minimum Gasteiger partial charge on any atom is -0.497 e. The minimum absolute atomic E-state index is 0.104. The number of hydrogen-bond donors (Lipinski definition) is 2. The van der Waals surface area contributed by atoms with Gasteiger partial charge in [-0.2, -0.15) is 0 Å². The molecule has 0 spiro atoms. The van der Waals surface area contributed by atoms with Crippen LogP contribution >= 0.6 is 11.8 Å². The SMILES string of the molecule is COC(=O)c1ccccc1S(=O)(=O)NC(=O)Nc1cc(OC)cc(SC)n1. The summed E-state index contributed by atoms with van der Waals surface area (Å²) in [5, 5.41) is 2.90. The van der Waals surface area contributed by atoms with Gasteiger partial charge in [0.1, 0.15) is 21.5 Å². The number of aromatic nitrogens is 1. The molecule has 0 unspecified atom stereocenters. The van der Waals surface area contributed by atoms with Crippen LogP contribution in [0.1, 0.15) is 10.4 Å². The fraction of sp³-hybridized carbons (Fsp3) is 0.188. The van der Waals surface area contributed by atoms with Gasteiger partial charge in [-0.1, -0.05) is 12.1 Å². The Balaban J connectivity index is 2.24. The van der Waals surface area contributed by atoms with Crippen LogP contribution in [0.3, 0.4) is 0 Å². The Bertz CT molecular complexity index is 940. The number of amides is 2. The Morgan fingerprint density at radius 3 is 2.48 bits per heavy atom. The first-order valence-electron chi connectivity index (χ1n) is 7.42. The first-order chi connectivity index (χ1) is 12.8. The Morgan fingerprint density at radius 2 is 1.85 bits per heavy atom. The summed E-state index contributed by atoms with van der Waals surface area (Å²) in [7, 11) is -1.74. The van der Waals surface area contributed by atoms with Crippen LogP contribution < -0.4 is 14.8 Å². The zero-order valence-corrected chi connectivity index (χ0v) is 16.3. The number of thioether (sulfide) groups is 1. The standard InChI is InChI=1S/C16H17N3O6S2/c1-24-10-8-13(17-14(9-10)26-3)18-16(21)19-27(22,23)12-7-5-4-6-11(12)15(20)25-2/h4-9H,1-3H3,(H2,17,18,19,21). The third kappa shape index (κ3) is 5.11. The normalized spacial score (nSPS) is 10.8. The maximum Gasteiger partial charge on any atom is 0.339 e. The van der Waals surface area contributed by atoms with Crippen LogP contribution in [0, 0.1) is 0 Å². The molecule has 144 valence electrons. The number of urea groups is 1. The first-order valence-corrected chi connectivity index (χ1v) is 10.1. The number of hydrogen-bond acceptors (Lipinski definition) is 8. The zero-order valence-electron chi connectivity index (χ0n) is 14.7. The van der Waals surface area contributed by atoms with Crippen LogP contribution in [0.15, 0.2) is 46.3 Å². The Hall–Kier alpha value is -2.79. The van der Waals surface area contributed by atoms with Crippen LogP contribution in [-0.4, -0.2) is 45.9 Å². The van der Waals surface area contributed by atoms with Gasteiger partial charge in [-0.25, -0.2) is 27.7 Å². The molecule has 9 nitrogen and oxygen atoms in total. The number of ether oxygens (including phenoxy) is 2. The van der Waals surface area contributed by atoms with Crippen LogP contribution in [0.4, 0.5) is 10.6 Å². The molecule has 0 aliphatic heterocycles. The fourth-order valence-corrected chi connectivity index (χ4v) is 3.59. The van der Waals surface area contributed by atoms with E-state index in [1.807, 2.05) is 4.72 Å². The second-order valence-electron chi connectivity index (χ2n) is 4.98. The van der Waals surface area contributed by atoms with Crippen molar-refractivity contribution in [3.63, 3.8) is 0 Å². The van der Waals surface area contributed by atoms with Crippen LogP contribution in [-0.2, 0) is 14.8 Å². The number of nitrogens with one attached hydrogen (secondary N) is 2. The van der Waals surface area contributed by atoms with Crippen LogP contribution in [0.2, 0.25) is 0 Å². The van der Waals surface area contributed by atoms with Gasteiger partial charge in [-0.15, -0.1) is 11.8 Å². The van der Waals surface area contributed by atoms with E-state index in [1.54, 1.807) is 12.3 Å². The highest BCUT2D eigenvalue weighted by molar-refractivity contribution is 7.98. The van der Waals surface area contributed by atoms with Crippen molar-refractivity contribution < 1.29 is 27.5 Å². The molecule has 0 atom stereocenters. The predicted octanol–water partition coefficient (Wildman–Crippen LogP) is 2.11. The lowest BCUT2D eigenvalue weighted by Gasteiger charge is -2.12. The molecule has 0 aliphatic carbocycles. The molecule has 0 fully saturated rings. The number of nitrogens with zero attached hydrogens (tertiary/aromatic N) is 1. The van der Waals surface area contributed by atoms with E-state index in [9.17, 15) is 18.0 Å². The molecule has 2 rings (SSSR count). The number of sulfonamides is 1. The Labute approximate surface area is 160 Å². The predicted molar refractivity (Wildman–Crippen MR) is 99.7 cm³/mol. The van der Waals surface area contributed by atoms with Gasteiger partial charge in [-0.05, 0) is 18.4 Å². The summed E-state index contributed by atoms with van der Waals surface area (Å²) < 4.78 is 36.5. The van der Waals surface area contributed by atoms with E-state index in [1.165, 1.54) is 49.2 Å². The number of methoxy groups -OCH3 is 2. The molecule has 0 saturated heterocycles. The molecule has 0 saturated carbocycles. The average molecular weight is 411 g/mol. The van der Waals surface area contributed by atoms with Crippen molar-refractivity contribution in [1.82, 2.24) is 9.71 Å². The number of pyridine rings is 1. The Kier molecular flexibility index (Phi) is 6.64. The second-order valence-corrected chi connectivity index (χ2v) is 7.46. The number of anilines is 1. The number of benzene rings is 1. The lowest BCUT2D eigenvalue weighted by molar-refractivity contribution is 0.0596. The monoisotopic (exact) mass is 411 g/mol. The summed E-state index contributed by atoms with van der Waals surface area (Å²) in [6.45, 7) is 0. The molecule has 1 aromatic carbocycles. The van der Waals surface area contributed by atoms with Crippen molar-refractivity contribution in [2.24, 2.45) is 0 Å². The van der Waals surface area contributed by atoms with Gasteiger partial charge in [-0.3, -0.25) is 5.32 Å². The zero-order chi connectivity index (χ0) is 20.0. The van der Waals surface area contributed by atoms with Gasteiger partial charge >= 0.3 is 12.0 Å². The number of carbonyl (C=O) groups is 2. The van der Waals surface area contributed by atoms with Crippen molar-refractivity contribution in [2.75, 3.05) is 25.8 Å². The molecule has 11 heteroatoms. The molecule has 1 aromatic heterocycles. The summed E-state index contributed by atoms with van der Waals surface area (Å²) in [5.74, 6) is -0.286. The average Bonchev–Trinajstić information content (AvgIpc) is 2.66. The van der Waals surface area contributed by atoms with Crippen molar-refractivity contribution >= 4 is 39.6 Å². The molecule has 0 radical (unpaired) electrons. The first kappa shape index (κ1) is 20.5. The van der Waals surface area contributed by atoms with Crippen molar-refractivity contribution in [2.45, 2.75) is 9.92 Å². The van der Waals surface area contributed by atoms with Crippen molar-refractivity contribution in [3.8, 4) is 5.75 Å². The molecule has 0 bridgehead atoms.